The molecule has 3 nitrogen and oxygen atoms in total. The van der Waals surface area contributed by atoms with Gasteiger partial charge in [0, 0.05) is 23.0 Å². The molecule has 0 aromatic heterocycles. The van der Waals surface area contributed by atoms with Crippen LogP contribution in [0.4, 0.5) is 5.69 Å². The topological polar surface area (TPSA) is 47.3 Å². The summed E-state index contributed by atoms with van der Waals surface area (Å²) in [6, 6.07) is 7.92. The number of nitrogens with zero attached hydrogens (tertiary/aromatic N) is 2. The van der Waals surface area contributed by atoms with Crippen molar-refractivity contribution in [3.63, 3.8) is 0 Å². The quantitative estimate of drug-likeness (QED) is 0.867. The number of aliphatic hydroxyl groups is 1. The third-order valence-corrected chi connectivity index (χ3v) is 4.09. The van der Waals surface area contributed by atoms with Crippen molar-refractivity contribution in [2.45, 2.75) is 26.4 Å². The highest BCUT2D eigenvalue weighted by molar-refractivity contribution is 9.10. The van der Waals surface area contributed by atoms with Crippen molar-refractivity contribution in [3.8, 4) is 6.07 Å². The van der Waals surface area contributed by atoms with Crippen molar-refractivity contribution in [1.29, 1.82) is 5.26 Å². The molecule has 0 saturated carbocycles. The number of nitriles is 1. The predicted octanol–water partition coefficient (Wildman–Crippen LogP) is 2.92. The van der Waals surface area contributed by atoms with Crippen molar-refractivity contribution in [3.05, 3.63) is 28.2 Å². The van der Waals surface area contributed by atoms with Gasteiger partial charge in [0.15, 0.2) is 0 Å². The maximum atomic E-state index is 9.98. The maximum Gasteiger partial charge on any atom is 0.101 e. The van der Waals surface area contributed by atoms with E-state index in [0.29, 0.717) is 5.56 Å². The average molecular weight is 309 g/mol. The molecule has 96 valence electrons. The van der Waals surface area contributed by atoms with Gasteiger partial charge in [-0.15, -0.1) is 0 Å². The summed E-state index contributed by atoms with van der Waals surface area (Å²) in [4.78, 5) is 2.19. The van der Waals surface area contributed by atoms with E-state index in [1.165, 1.54) is 0 Å². The Morgan fingerprint density at radius 1 is 1.50 bits per heavy atom. The Labute approximate surface area is 116 Å². The number of benzene rings is 1. The van der Waals surface area contributed by atoms with Gasteiger partial charge < -0.3 is 10.0 Å². The molecule has 1 N–H and O–H groups in total. The van der Waals surface area contributed by atoms with Gasteiger partial charge in [-0.25, -0.2) is 0 Å². The fourth-order valence-corrected chi connectivity index (χ4v) is 2.76. The molecule has 1 aliphatic rings. The molecule has 0 aliphatic carbocycles. The molecular formula is C14H17BrN2O. The van der Waals surface area contributed by atoms with Crippen LogP contribution in [0.5, 0.6) is 0 Å². The normalized spacial score (nSPS) is 22.6. The second-order valence-corrected chi connectivity index (χ2v) is 6.40. The summed E-state index contributed by atoms with van der Waals surface area (Å²) in [5, 5.41) is 19.2. The van der Waals surface area contributed by atoms with Crippen LogP contribution in [0.1, 0.15) is 25.8 Å². The molecule has 1 saturated heterocycles. The molecule has 0 bridgehead atoms. The van der Waals surface area contributed by atoms with E-state index in [1.54, 1.807) is 0 Å². The number of rotatable bonds is 1. The number of hydrogen-bond acceptors (Lipinski definition) is 3. The van der Waals surface area contributed by atoms with E-state index in [0.717, 1.165) is 29.7 Å². The SMILES string of the molecule is CC1(C)CN(c2cc(Br)ccc2C#N)CCC1O. The fourth-order valence-electron chi connectivity index (χ4n) is 2.41. The minimum atomic E-state index is -0.272. The Hall–Kier alpha value is -1.05. The first kappa shape index (κ1) is 13.4. The Bertz CT molecular complexity index is 493. The van der Waals surface area contributed by atoms with Crippen LogP contribution in [0, 0.1) is 16.7 Å². The first-order valence-corrected chi connectivity index (χ1v) is 6.86. The van der Waals surface area contributed by atoms with Crippen LogP contribution in [-0.2, 0) is 0 Å². The number of halogens is 1. The Morgan fingerprint density at radius 2 is 2.22 bits per heavy atom. The summed E-state index contributed by atoms with van der Waals surface area (Å²) in [5.41, 5.74) is 1.49. The molecule has 4 heteroatoms. The molecule has 1 heterocycles. The highest BCUT2D eigenvalue weighted by atomic mass is 79.9. The van der Waals surface area contributed by atoms with E-state index >= 15 is 0 Å². The zero-order valence-electron chi connectivity index (χ0n) is 10.7. The highest BCUT2D eigenvalue weighted by Gasteiger charge is 2.35. The molecule has 0 amide bonds. The fraction of sp³-hybridized carbons (Fsp3) is 0.500. The summed E-state index contributed by atoms with van der Waals surface area (Å²) in [6.07, 6.45) is 0.469. The second kappa shape index (κ2) is 4.91. The summed E-state index contributed by atoms with van der Waals surface area (Å²) in [7, 11) is 0. The lowest BCUT2D eigenvalue weighted by Gasteiger charge is -2.43. The van der Waals surface area contributed by atoms with Crippen molar-refractivity contribution in [2.24, 2.45) is 5.41 Å². The van der Waals surface area contributed by atoms with Crippen LogP contribution in [0.25, 0.3) is 0 Å². The summed E-state index contributed by atoms with van der Waals surface area (Å²) in [5.74, 6) is 0. The Morgan fingerprint density at radius 3 is 2.83 bits per heavy atom. The first-order valence-electron chi connectivity index (χ1n) is 6.07. The van der Waals surface area contributed by atoms with Crippen molar-refractivity contribution >= 4 is 21.6 Å². The van der Waals surface area contributed by atoms with Crippen molar-refractivity contribution in [1.82, 2.24) is 0 Å². The van der Waals surface area contributed by atoms with Crippen LogP contribution in [0.3, 0.4) is 0 Å². The van der Waals surface area contributed by atoms with Gasteiger partial charge in [-0.1, -0.05) is 29.8 Å². The Kier molecular flexibility index (Phi) is 3.65. The zero-order valence-corrected chi connectivity index (χ0v) is 12.2. The van der Waals surface area contributed by atoms with Gasteiger partial charge >= 0.3 is 0 Å². The largest absolute Gasteiger partial charge is 0.392 e. The van der Waals surface area contributed by atoms with E-state index in [2.05, 4.69) is 40.7 Å². The summed E-state index contributed by atoms with van der Waals surface area (Å²) >= 11 is 3.45. The number of hydrogen-bond donors (Lipinski definition) is 1. The van der Waals surface area contributed by atoms with E-state index in [9.17, 15) is 10.4 Å². The first-order chi connectivity index (χ1) is 8.44. The van der Waals surface area contributed by atoms with Crippen molar-refractivity contribution in [2.75, 3.05) is 18.0 Å². The minimum absolute atomic E-state index is 0.146. The van der Waals surface area contributed by atoms with Crippen molar-refractivity contribution < 1.29 is 5.11 Å². The van der Waals surface area contributed by atoms with E-state index in [1.807, 2.05) is 18.2 Å². The van der Waals surface area contributed by atoms with Gasteiger partial charge in [0.25, 0.3) is 0 Å². The van der Waals surface area contributed by atoms with E-state index in [-0.39, 0.29) is 11.5 Å². The minimum Gasteiger partial charge on any atom is -0.392 e. The molecular weight excluding hydrogens is 292 g/mol. The molecule has 0 radical (unpaired) electrons. The zero-order chi connectivity index (χ0) is 13.3. The number of piperidine rings is 1. The molecule has 1 unspecified atom stereocenters. The van der Waals surface area contributed by atoms with Gasteiger partial charge in [0.1, 0.15) is 6.07 Å². The smallest absolute Gasteiger partial charge is 0.101 e. The van der Waals surface area contributed by atoms with Crippen LogP contribution < -0.4 is 4.90 Å². The van der Waals surface area contributed by atoms with Gasteiger partial charge in [-0.05, 0) is 24.6 Å². The lowest BCUT2D eigenvalue weighted by molar-refractivity contribution is 0.0336. The standard InChI is InChI=1S/C14H17BrN2O/c1-14(2)9-17(6-5-13(14)18)12-7-11(15)4-3-10(12)8-16/h3-4,7,13,18H,5-6,9H2,1-2H3. The molecule has 0 spiro atoms. The molecule has 1 aromatic carbocycles. The Balaban J connectivity index is 2.33. The third-order valence-electron chi connectivity index (χ3n) is 3.59. The number of aliphatic hydroxyl groups excluding tert-OH is 1. The van der Waals surface area contributed by atoms with Crippen LogP contribution in [0.2, 0.25) is 0 Å². The lowest BCUT2D eigenvalue weighted by atomic mass is 9.81. The van der Waals surface area contributed by atoms with Gasteiger partial charge in [0.05, 0.1) is 17.4 Å². The van der Waals surface area contributed by atoms with Gasteiger partial charge in [-0.2, -0.15) is 5.26 Å². The van der Waals surface area contributed by atoms with E-state index < -0.39 is 0 Å². The number of anilines is 1. The van der Waals surface area contributed by atoms with Crippen LogP contribution in [0.15, 0.2) is 22.7 Å². The molecule has 1 aliphatic heterocycles. The summed E-state index contributed by atoms with van der Waals surface area (Å²) in [6.45, 7) is 5.68. The second-order valence-electron chi connectivity index (χ2n) is 5.49. The highest BCUT2D eigenvalue weighted by Crippen LogP contribution is 2.34. The monoisotopic (exact) mass is 308 g/mol. The maximum absolute atomic E-state index is 9.98. The lowest BCUT2D eigenvalue weighted by Crippen LogP contribution is -2.48. The van der Waals surface area contributed by atoms with Crippen LogP contribution >= 0.6 is 15.9 Å². The molecule has 1 aromatic rings. The van der Waals surface area contributed by atoms with Crippen LogP contribution in [-0.4, -0.2) is 24.3 Å². The van der Waals surface area contributed by atoms with Gasteiger partial charge in [0.2, 0.25) is 0 Å². The molecule has 18 heavy (non-hydrogen) atoms. The third kappa shape index (κ3) is 2.52. The molecule has 2 rings (SSSR count). The van der Waals surface area contributed by atoms with Gasteiger partial charge in [-0.3, -0.25) is 0 Å². The molecule has 1 atom stereocenters. The predicted molar refractivity (Wildman–Crippen MR) is 75.5 cm³/mol. The van der Waals surface area contributed by atoms with E-state index in [4.69, 9.17) is 0 Å². The molecule has 1 fully saturated rings. The average Bonchev–Trinajstić information content (AvgIpc) is 2.32. The summed E-state index contributed by atoms with van der Waals surface area (Å²) < 4.78 is 0.973.